The lowest BCUT2D eigenvalue weighted by Crippen LogP contribution is -2.51. The van der Waals surface area contributed by atoms with Crippen molar-refractivity contribution in [2.75, 3.05) is 18.1 Å². The molecule has 2 saturated heterocycles. The first-order chi connectivity index (χ1) is 8.65. The molecule has 2 heterocycles. The van der Waals surface area contributed by atoms with E-state index in [-0.39, 0.29) is 5.60 Å². The first-order valence-corrected chi connectivity index (χ1v) is 8.78. The van der Waals surface area contributed by atoms with Crippen LogP contribution >= 0.6 is 11.8 Å². The van der Waals surface area contributed by atoms with Gasteiger partial charge in [0, 0.05) is 18.7 Å². The Balaban J connectivity index is 1.86. The molecular formula is C15H29NOS. The van der Waals surface area contributed by atoms with Crippen LogP contribution in [0.4, 0.5) is 0 Å². The summed E-state index contributed by atoms with van der Waals surface area (Å²) in [5, 5.41) is 3.85. The van der Waals surface area contributed by atoms with Gasteiger partial charge in [0.15, 0.2) is 0 Å². The molecule has 0 amide bonds. The second-order valence-corrected chi connectivity index (χ2v) is 7.40. The Bertz CT molecular complexity index is 247. The second-order valence-electron chi connectivity index (χ2n) is 6.17. The van der Waals surface area contributed by atoms with Gasteiger partial charge in [0.2, 0.25) is 0 Å². The van der Waals surface area contributed by atoms with E-state index in [1.807, 2.05) is 0 Å². The minimum atomic E-state index is 0.219. The predicted molar refractivity (Wildman–Crippen MR) is 80.3 cm³/mol. The van der Waals surface area contributed by atoms with E-state index in [9.17, 15) is 0 Å². The molecule has 2 aliphatic heterocycles. The van der Waals surface area contributed by atoms with Crippen LogP contribution in [0.1, 0.15) is 52.9 Å². The number of hydrogen-bond donors (Lipinski definition) is 1. The third-order valence-corrected chi connectivity index (χ3v) is 5.88. The highest BCUT2D eigenvalue weighted by Gasteiger charge is 2.39. The molecule has 18 heavy (non-hydrogen) atoms. The lowest BCUT2D eigenvalue weighted by atomic mass is 9.85. The quantitative estimate of drug-likeness (QED) is 0.846. The maximum absolute atomic E-state index is 6.15. The summed E-state index contributed by atoms with van der Waals surface area (Å²) in [6, 6.07) is 1.30. The molecule has 0 aromatic rings. The Kier molecular flexibility index (Phi) is 5.40. The molecule has 0 radical (unpaired) electrons. The lowest BCUT2D eigenvalue weighted by Gasteiger charge is -2.44. The first-order valence-electron chi connectivity index (χ1n) is 7.63. The van der Waals surface area contributed by atoms with Gasteiger partial charge in [-0.2, -0.15) is 11.8 Å². The fourth-order valence-electron chi connectivity index (χ4n) is 3.15. The molecule has 3 heteroatoms. The van der Waals surface area contributed by atoms with Crippen molar-refractivity contribution >= 4 is 11.8 Å². The first kappa shape index (κ1) is 14.7. The van der Waals surface area contributed by atoms with Gasteiger partial charge < -0.3 is 10.1 Å². The zero-order valence-electron chi connectivity index (χ0n) is 12.2. The van der Waals surface area contributed by atoms with E-state index in [2.05, 4.69) is 37.8 Å². The number of ether oxygens (including phenoxy) is 1. The predicted octanol–water partition coefficient (Wildman–Crippen LogP) is 3.46. The van der Waals surface area contributed by atoms with E-state index < -0.39 is 0 Å². The summed E-state index contributed by atoms with van der Waals surface area (Å²) in [6.07, 6.45) is 6.20. The molecule has 2 rings (SSSR count). The van der Waals surface area contributed by atoms with Gasteiger partial charge in [-0.1, -0.05) is 20.3 Å². The molecule has 0 saturated carbocycles. The largest absolute Gasteiger partial charge is 0.375 e. The van der Waals surface area contributed by atoms with Gasteiger partial charge in [0.25, 0.3) is 0 Å². The molecule has 2 nitrogen and oxygen atoms in total. The molecule has 1 N–H and O–H groups in total. The average Bonchev–Trinajstić information content (AvgIpc) is 2.38. The molecular weight excluding hydrogens is 242 g/mol. The van der Waals surface area contributed by atoms with Crippen molar-refractivity contribution in [3.63, 3.8) is 0 Å². The van der Waals surface area contributed by atoms with Crippen LogP contribution in [0, 0.1) is 5.92 Å². The van der Waals surface area contributed by atoms with Crippen molar-refractivity contribution in [1.82, 2.24) is 5.32 Å². The van der Waals surface area contributed by atoms with Crippen molar-refractivity contribution in [3.05, 3.63) is 0 Å². The highest BCUT2D eigenvalue weighted by Crippen LogP contribution is 2.37. The van der Waals surface area contributed by atoms with Crippen molar-refractivity contribution in [2.45, 2.75) is 70.6 Å². The van der Waals surface area contributed by atoms with E-state index in [4.69, 9.17) is 4.74 Å². The maximum Gasteiger partial charge on any atom is 0.0713 e. The fraction of sp³-hybridized carbons (Fsp3) is 1.00. The maximum atomic E-state index is 6.15. The second kappa shape index (κ2) is 6.62. The Morgan fingerprint density at radius 3 is 2.72 bits per heavy atom. The van der Waals surface area contributed by atoms with Crippen LogP contribution in [0.3, 0.4) is 0 Å². The minimum absolute atomic E-state index is 0.219. The molecule has 3 unspecified atom stereocenters. The smallest absolute Gasteiger partial charge is 0.0713 e. The lowest BCUT2D eigenvalue weighted by molar-refractivity contribution is -0.0945. The molecule has 2 fully saturated rings. The summed E-state index contributed by atoms with van der Waals surface area (Å²) >= 11 is 2.09. The average molecular weight is 271 g/mol. The van der Waals surface area contributed by atoms with Crippen molar-refractivity contribution in [2.24, 2.45) is 5.92 Å². The molecule has 0 bridgehead atoms. The van der Waals surface area contributed by atoms with E-state index in [1.165, 1.54) is 43.6 Å². The van der Waals surface area contributed by atoms with Gasteiger partial charge in [-0.15, -0.1) is 0 Å². The summed E-state index contributed by atoms with van der Waals surface area (Å²) < 4.78 is 6.15. The van der Waals surface area contributed by atoms with Crippen LogP contribution in [0.2, 0.25) is 0 Å². The Morgan fingerprint density at radius 1 is 1.33 bits per heavy atom. The van der Waals surface area contributed by atoms with Crippen LogP contribution in [0.25, 0.3) is 0 Å². The van der Waals surface area contributed by atoms with Gasteiger partial charge in [0.1, 0.15) is 0 Å². The standard InChI is InChI=1S/C15H29NOS/c1-4-12(2)13(3)16-14-5-8-17-15(11-14)6-9-18-10-7-15/h12-14,16H,4-11H2,1-3H3. The summed E-state index contributed by atoms with van der Waals surface area (Å²) in [5.41, 5.74) is 0.219. The number of nitrogens with one attached hydrogen (secondary N) is 1. The zero-order valence-corrected chi connectivity index (χ0v) is 13.0. The zero-order chi connectivity index (χ0) is 13.0. The normalized spacial score (nSPS) is 31.2. The van der Waals surface area contributed by atoms with Crippen LogP contribution in [-0.4, -0.2) is 35.8 Å². The molecule has 0 aliphatic carbocycles. The van der Waals surface area contributed by atoms with Crippen molar-refractivity contribution in [1.29, 1.82) is 0 Å². The third-order valence-electron chi connectivity index (χ3n) is 4.89. The summed E-state index contributed by atoms with van der Waals surface area (Å²) in [7, 11) is 0. The highest BCUT2D eigenvalue weighted by molar-refractivity contribution is 7.99. The fourth-order valence-corrected chi connectivity index (χ4v) is 4.39. The molecule has 3 atom stereocenters. The van der Waals surface area contributed by atoms with Crippen LogP contribution in [0.15, 0.2) is 0 Å². The number of rotatable bonds is 4. The summed E-state index contributed by atoms with van der Waals surface area (Å²) in [5.74, 6) is 3.34. The van der Waals surface area contributed by atoms with E-state index in [0.29, 0.717) is 12.1 Å². The van der Waals surface area contributed by atoms with E-state index >= 15 is 0 Å². The number of hydrogen-bond acceptors (Lipinski definition) is 3. The van der Waals surface area contributed by atoms with Gasteiger partial charge >= 0.3 is 0 Å². The molecule has 106 valence electrons. The van der Waals surface area contributed by atoms with Crippen molar-refractivity contribution < 1.29 is 4.74 Å². The van der Waals surface area contributed by atoms with Crippen LogP contribution < -0.4 is 5.32 Å². The van der Waals surface area contributed by atoms with E-state index in [0.717, 1.165) is 12.5 Å². The van der Waals surface area contributed by atoms with Gasteiger partial charge in [-0.05, 0) is 50.0 Å². The van der Waals surface area contributed by atoms with Crippen molar-refractivity contribution in [3.8, 4) is 0 Å². The third kappa shape index (κ3) is 3.64. The molecule has 0 aromatic heterocycles. The monoisotopic (exact) mass is 271 g/mol. The Morgan fingerprint density at radius 2 is 2.06 bits per heavy atom. The Hall–Kier alpha value is 0.270. The Labute approximate surface area is 117 Å². The summed E-state index contributed by atoms with van der Waals surface area (Å²) in [6.45, 7) is 7.93. The van der Waals surface area contributed by atoms with Gasteiger partial charge in [0.05, 0.1) is 5.60 Å². The van der Waals surface area contributed by atoms with E-state index in [1.54, 1.807) is 0 Å². The molecule has 0 aromatic carbocycles. The summed E-state index contributed by atoms with van der Waals surface area (Å²) in [4.78, 5) is 0. The number of thioether (sulfide) groups is 1. The highest BCUT2D eigenvalue weighted by atomic mass is 32.2. The van der Waals surface area contributed by atoms with Gasteiger partial charge in [-0.3, -0.25) is 0 Å². The van der Waals surface area contributed by atoms with Crippen LogP contribution in [0.5, 0.6) is 0 Å². The van der Waals surface area contributed by atoms with Gasteiger partial charge in [-0.25, -0.2) is 0 Å². The molecule has 1 spiro atoms. The molecule has 2 aliphatic rings. The minimum Gasteiger partial charge on any atom is -0.375 e. The SMILES string of the molecule is CCC(C)C(C)NC1CCOC2(CCSCC2)C1. The topological polar surface area (TPSA) is 21.3 Å². The van der Waals surface area contributed by atoms with Crippen LogP contribution in [-0.2, 0) is 4.74 Å².